The van der Waals surface area contributed by atoms with E-state index in [1.165, 1.54) is 0 Å². The molecule has 5 nitrogen and oxygen atoms in total. The maximum atomic E-state index is 12.6. The van der Waals surface area contributed by atoms with Crippen LogP contribution in [-0.4, -0.2) is 41.1 Å². The summed E-state index contributed by atoms with van der Waals surface area (Å²) in [5.74, 6) is -0.697. The molecule has 1 amide bonds. The third-order valence-electron chi connectivity index (χ3n) is 3.33. The Hall–Kier alpha value is -2.04. The number of unbranched alkanes of at least 4 members (excludes halogenated alkanes) is 2. The Labute approximate surface area is 131 Å². The minimum Gasteiger partial charge on any atom is -0.482 e. The Kier molecular flexibility index (Phi) is 7.43. The maximum Gasteiger partial charge on any atom is 0.341 e. The van der Waals surface area contributed by atoms with E-state index >= 15 is 0 Å². The number of hydrogen-bond acceptors (Lipinski definition) is 3. The molecule has 0 radical (unpaired) electrons. The highest BCUT2D eigenvalue weighted by Crippen LogP contribution is 2.17. The number of carbonyl (C=O) groups is 2. The quantitative estimate of drug-likeness (QED) is 0.711. The van der Waals surface area contributed by atoms with Crippen LogP contribution in [0.2, 0.25) is 0 Å². The SMILES string of the molecule is CCCCCN(C(=O)c1cccc(OCC(=O)O)c1)C(C)C. The fourth-order valence-corrected chi connectivity index (χ4v) is 2.16. The van der Waals surface area contributed by atoms with Crippen molar-refractivity contribution in [3.63, 3.8) is 0 Å². The summed E-state index contributed by atoms with van der Waals surface area (Å²) in [6.45, 7) is 6.43. The van der Waals surface area contributed by atoms with E-state index in [-0.39, 0.29) is 11.9 Å². The van der Waals surface area contributed by atoms with Crippen molar-refractivity contribution in [1.29, 1.82) is 0 Å². The molecule has 0 heterocycles. The molecule has 1 aromatic rings. The largest absolute Gasteiger partial charge is 0.482 e. The zero-order valence-electron chi connectivity index (χ0n) is 13.5. The fraction of sp³-hybridized carbons (Fsp3) is 0.529. The van der Waals surface area contributed by atoms with Crippen LogP contribution in [0, 0.1) is 0 Å². The molecule has 0 aliphatic heterocycles. The van der Waals surface area contributed by atoms with E-state index in [0.29, 0.717) is 11.3 Å². The normalized spacial score (nSPS) is 10.5. The minimum absolute atomic E-state index is 0.0492. The van der Waals surface area contributed by atoms with Crippen molar-refractivity contribution in [3.05, 3.63) is 29.8 Å². The lowest BCUT2D eigenvalue weighted by Gasteiger charge is -2.27. The molecule has 1 N–H and O–H groups in total. The van der Waals surface area contributed by atoms with E-state index in [2.05, 4.69) is 6.92 Å². The number of carboxylic acid groups (broad SMARTS) is 1. The second kappa shape index (κ2) is 9.07. The number of rotatable bonds is 9. The Balaban J connectivity index is 2.80. The zero-order valence-corrected chi connectivity index (χ0v) is 13.5. The van der Waals surface area contributed by atoms with Gasteiger partial charge in [-0.25, -0.2) is 4.79 Å². The van der Waals surface area contributed by atoms with Crippen LogP contribution in [0.1, 0.15) is 50.4 Å². The second-order valence-electron chi connectivity index (χ2n) is 5.51. The molecule has 0 spiro atoms. The predicted molar refractivity (Wildman–Crippen MR) is 85.3 cm³/mol. The molecule has 0 saturated carbocycles. The number of carboxylic acids is 1. The van der Waals surface area contributed by atoms with Gasteiger partial charge in [0.25, 0.3) is 5.91 Å². The average Bonchev–Trinajstić information content (AvgIpc) is 2.49. The Morgan fingerprint density at radius 2 is 2.00 bits per heavy atom. The van der Waals surface area contributed by atoms with Gasteiger partial charge < -0.3 is 14.7 Å². The van der Waals surface area contributed by atoms with Crippen molar-refractivity contribution in [2.75, 3.05) is 13.2 Å². The van der Waals surface area contributed by atoms with Gasteiger partial charge in [-0.3, -0.25) is 4.79 Å². The lowest BCUT2D eigenvalue weighted by atomic mass is 10.1. The zero-order chi connectivity index (χ0) is 16.5. The molecule has 0 fully saturated rings. The molecule has 0 atom stereocenters. The summed E-state index contributed by atoms with van der Waals surface area (Å²) >= 11 is 0. The monoisotopic (exact) mass is 307 g/mol. The molecule has 5 heteroatoms. The van der Waals surface area contributed by atoms with Crippen molar-refractivity contribution >= 4 is 11.9 Å². The first kappa shape index (κ1) is 18.0. The van der Waals surface area contributed by atoms with Gasteiger partial charge in [0.05, 0.1) is 0 Å². The van der Waals surface area contributed by atoms with Crippen molar-refractivity contribution in [1.82, 2.24) is 4.90 Å². The van der Waals surface area contributed by atoms with Crippen LogP contribution in [0.3, 0.4) is 0 Å². The Morgan fingerprint density at radius 3 is 2.59 bits per heavy atom. The van der Waals surface area contributed by atoms with Gasteiger partial charge in [0.15, 0.2) is 6.61 Å². The van der Waals surface area contributed by atoms with Gasteiger partial charge >= 0.3 is 5.97 Å². The summed E-state index contributed by atoms with van der Waals surface area (Å²) in [6, 6.07) is 6.80. The number of amides is 1. The molecule has 0 aliphatic carbocycles. The first-order valence-corrected chi connectivity index (χ1v) is 7.71. The van der Waals surface area contributed by atoms with Crippen LogP contribution >= 0.6 is 0 Å². The third-order valence-corrected chi connectivity index (χ3v) is 3.33. The van der Waals surface area contributed by atoms with Crippen LogP contribution in [0.15, 0.2) is 24.3 Å². The summed E-state index contributed by atoms with van der Waals surface area (Å²) in [4.78, 5) is 25.0. The van der Waals surface area contributed by atoms with E-state index < -0.39 is 12.6 Å². The van der Waals surface area contributed by atoms with Crippen LogP contribution in [0.25, 0.3) is 0 Å². The number of ether oxygens (including phenoxy) is 1. The van der Waals surface area contributed by atoms with E-state index in [4.69, 9.17) is 9.84 Å². The summed E-state index contributed by atoms with van der Waals surface area (Å²) < 4.78 is 5.13. The van der Waals surface area contributed by atoms with Crippen molar-refractivity contribution in [2.24, 2.45) is 0 Å². The van der Waals surface area contributed by atoms with E-state index in [9.17, 15) is 9.59 Å². The highest BCUT2D eigenvalue weighted by molar-refractivity contribution is 5.94. The molecule has 0 saturated heterocycles. The molecule has 1 aromatic carbocycles. The lowest BCUT2D eigenvalue weighted by molar-refractivity contribution is -0.139. The maximum absolute atomic E-state index is 12.6. The molecule has 0 aromatic heterocycles. The van der Waals surface area contributed by atoms with Gasteiger partial charge in [-0.1, -0.05) is 25.8 Å². The first-order chi connectivity index (χ1) is 10.5. The molecule has 1 rings (SSSR count). The summed E-state index contributed by atoms with van der Waals surface area (Å²) in [5, 5.41) is 8.63. The van der Waals surface area contributed by atoms with Crippen LogP contribution < -0.4 is 4.74 Å². The summed E-state index contributed by atoms with van der Waals surface area (Å²) in [5.41, 5.74) is 0.521. The Morgan fingerprint density at radius 1 is 1.27 bits per heavy atom. The molecule has 0 bridgehead atoms. The third kappa shape index (κ3) is 5.76. The molecule has 0 aliphatic rings. The van der Waals surface area contributed by atoms with Crippen molar-refractivity contribution in [3.8, 4) is 5.75 Å². The van der Waals surface area contributed by atoms with Crippen LogP contribution in [-0.2, 0) is 4.79 Å². The minimum atomic E-state index is -1.04. The molecular formula is C17H25NO4. The smallest absolute Gasteiger partial charge is 0.341 e. The summed E-state index contributed by atoms with van der Waals surface area (Å²) in [6.07, 6.45) is 3.19. The molecule has 22 heavy (non-hydrogen) atoms. The van der Waals surface area contributed by atoms with Gasteiger partial charge in [-0.05, 0) is 38.5 Å². The number of benzene rings is 1. The standard InChI is InChI=1S/C17H25NO4/c1-4-5-6-10-18(13(2)3)17(21)14-8-7-9-15(11-14)22-12-16(19)20/h7-9,11,13H,4-6,10,12H2,1-3H3,(H,19,20). The first-order valence-electron chi connectivity index (χ1n) is 7.71. The van der Waals surface area contributed by atoms with E-state index in [1.807, 2.05) is 18.7 Å². The van der Waals surface area contributed by atoms with Gasteiger partial charge in [-0.2, -0.15) is 0 Å². The number of aliphatic carboxylic acids is 1. The van der Waals surface area contributed by atoms with E-state index in [0.717, 1.165) is 25.8 Å². The second-order valence-corrected chi connectivity index (χ2v) is 5.51. The van der Waals surface area contributed by atoms with Crippen LogP contribution in [0.5, 0.6) is 5.75 Å². The van der Waals surface area contributed by atoms with Crippen LogP contribution in [0.4, 0.5) is 0 Å². The van der Waals surface area contributed by atoms with Crippen molar-refractivity contribution < 1.29 is 19.4 Å². The molecule has 122 valence electrons. The number of carbonyl (C=O) groups excluding carboxylic acids is 1. The average molecular weight is 307 g/mol. The Bertz CT molecular complexity index is 499. The topological polar surface area (TPSA) is 66.8 Å². The van der Waals surface area contributed by atoms with Gasteiger partial charge in [-0.15, -0.1) is 0 Å². The van der Waals surface area contributed by atoms with E-state index in [1.54, 1.807) is 24.3 Å². The lowest BCUT2D eigenvalue weighted by Crippen LogP contribution is -2.37. The fourth-order valence-electron chi connectivity index (χ4n) is 2.16. The highest BCUT2D eigenvalue weighted by atomic mass is 16.5. The van der Waals surface area contributed by atoms with Crippen molar-refractivity contribution in [2.45, 2.75) is 46.1 Å². The van der Waals surface area contributed by atoms with Gasteiger partial charge in [0.2, 0.25) is 0 Å². The number of hydrogen-bond donors (Lipinski definition) is 1. The number of nitrogens with zero attached hydrogens (tertiary/aromatic N) is 1. The summed E-state index contributed by atoms with van der Waals surface area (Å²) in [7, 11) is 0. The molecule has 0 unspecified atom stereocenters. The molecular weight excluding hydrogens is 282 g/mol. The predicted octanol–water partition coefficient (Wildman–Crippen LogP) is 3.19. The van der Waals surface area contributed by atoms with Gasteiger partial charge in [0.1, 0.15) is 5.75 Å². The van der Waals surface area contributed by atoms with Gasteiger partial charge in [0, 0.05) is 18.2 Å². The highest BCUT2D eigenvalue weighted by Gasteiger charge is 2.18.